The van der Waals surface area contributed by atoms with Crippen LogP contribution in [0.15, 0.2) is 12.1 Å². The van der Waals surface area contributed by atoms with E-state index in [1.54, 1.807) is 6.92 Å². The number of benzene rings is 1. The Kier molecular flexibility index (Phi) is 5.41. The van der Waals surface area contributed by atoms with Crippen LogP contribution in [-0.4, -0.2) is 29.6 Å². The number of hydrogen-bond donors (Lipinski definition) is 3. The SMILES string of the molecule is CCOC(=O)C(N)C(=O)Nc1cc(Cl)c(O)c(Cl)c1. The van der Waals surface area contributed by atoms with E-state index < -0.39 is 17.9 Å². The zero-order valence-electron chi connectivity index (χ0n) is 9.94. The number of phenols is 1. The monoisotopic (exact) mass is 306 g/mol. The number of amides is 1. The summed E-state index contributed by atoms with van der Waals surface area (Å²) in [6.07, 6.45) is 0. The van der Waals surface area contributed by atoms with Gasteiger partial charge in [-0.05, 0) is 19.1 Å². The van der Waals surface area contributed by atoms with Crippen molar-refractivity contribution in [1.29, 1.82) is 0 Å². The summed E-state index contributed by atoms with van der Waals surface area (Å²) in [7, 11) is 0. The second-order valence-corrected chi connectivity index (χ2v) is 4.32. The fourth-order valence-corrected chi connectivity index (χ4v) is 1.68. The summed E-state index contributed by atoms with van der Waals surface area (Å²) in [6, 6.07) is 1.10. The zero-order chi connectivity index (χ0) is 14.6. The minimum atomic E-state index is -1.45. The highest BCUT2D eigenvalue weighted by Crippen LogP contribution is 2.34. The molecular formula is C11H12Cl2N2O4. The fourth-order valence-electron chi connectivity index (χ4n) is 1.20. The molecule has 0 heterocycles. The number of rotatable bonds is 4. The molecule has 4 N–H and O–H groups in total. The number of aromatic hydroxyl groups is 1. The van der Waals surface area contributed by atoms with Crippen molar-refractivity contribution < 1.29 is 19.4 Å². The van der Waals surface area contributed by atoms with Crippen LogP contribution in [0, 0.1) is 0 Å². The third kappa shape index (κ3) is 3.99. The van der Waals surface area contributed by atoms with Crippen LogP contribution in [0.1, 0.15) is 6.92 Å². The van der Waals surface area contributed by atoms with Crippen LogP contribution in [0.3, 0.4) is 0 Å². The van der Waals surface area contributed by atoms with Crippen LogP contribution in [0.2, 0.25) is 10.0 Å². The average molecular weight is 307 g/mol. The molecule has 1 aromatic rings. The van der Waals surface area contributed by atoms with Gasteiger partial charge in [0.15, 0.2) is 11.8 Å². The molecule has 1 aromatic carbocycles. The van der Waals surface area contributed by atoms with Crippen LogP contribution in [0.4, 0.5) is 5.69 Å². The number of hydrogen-bond acceptors (Lipinski definition) is 5. The molecule has 1 atom stereocenters. The molecule has 0 bridgehead atoms. The van der Waals surface area contributed by atoms with E-state index in [-0.39, 0.29) is 28.1 Å². The first-order chi connectivity index (χ1) is 8.86. The number of nitrogens with one attached hydrogen (secondary N) is 1. The molecule has 0 aliphatic heterocycles. The Bertz CT molecular complexity index is 484. The van der Waals surface area contributed by atoms with E-state index in [2.05, 4.69) is 10.1 Å². The highest BCUT2D eigenvalue weighted by atomic mass is 35.5. The molecule has 0 aliphatic rings. The van der Waals surface area contributed by atoms with Crippen LogP contribution in [-0.2, 0) is 14.3 Å². The van der Waals surface area contributed by atoms with E-state index in [1.807, 2.05) is 0 Å². The van der Waals surface area contributed by atoms with Gasteiger partial charge < -0.3 is 20.9 Å². The lowest BCUT2D eigenvalue weighted by atomic mass is 10.2. The van der Waals surface area contributed by atoms with Gasteiger partial charge in [0.25, 0.3) is 5.91 Å². The number of ether oxygens (including phenoxy) is 1. The largest absolute Gasteiger partial charge is 0.505 e. The minimum absolute atomic E-state index is 0.0347. The van der Waals surface area contributed by atoms with Crippen LogP contribution in [0.25, 0.3) is 0 Å². The number of anilines is 1. The second-order valence-electron chi connectivity index (χ2n) is 3.51. The first kappa shape index (κ1) is 15.6. The number of halogens is 2. The van der Waals surface area contributed by atoms with Crippen molar-refractivity contribution >= 4 is 40.8 Å². The summed E-state index contributed by atoms with van der Waals surface area (Å²) in [6.45, 7) is 1.72. The Morgan fingerprint density at radius 1 is 1.42 bits per heavy atom. The van der Waals surface area contributed by atoms with Crippen LogP contribution >= 0.6 is 23.2 Å². The summed E-state index contributed by atoms with van der Waals surface area (Å²) >= 11 is 11.4. The van der Waals surface area contributed by atoms with Crippen LogP contribution in [0.5, 0.6) is 5.75 Å². The van der Waals surface area contributed by atoms with Crippen molar-refractivity contribution in [3.05, 3.63) is 22.2 Å². The van der Waals surface area contributed by atoms with Gasteiger partial charge in [-0.3, -0.25) is 4.79 Å². The third-order valence-electron chi connectivity index (χ3n) is 2.11. The third-order valence-corrected chi connectivity index (χ3v) is 2.68. The van der Waals surface area contributed by atoms with Gasteiger partial charge in [0.2, 0.25) is 0 Å². The molecule has 0 saturated carbocycles. The lowest BCUT2D eigenvalue weighted by Crippen LogP contribution is -2.43. The van der Waals surface area contributed by atoms with Gasteiger partial charge in [0, 0.05) is 5.69 Å². The summed E-state index contributed by atoms with van der Waals surface area (Å²) in [5.41, 5.74) is 5.60. The van der Waals surface area contributed by atoms with Gasteiger partial charge in [0.05, 0.1) is 16.7 Å². The van der Waals surface area contributed by atoms with Gasteiger partial charge in [-0.2, -0.15) is 0 Å². The van der Waals surface area contributed by atoms with E-state index in [0.29, 0.717) is 0 Å². The summed E-state index contributed by atoms with van der Waals surface area (Å²) in [5, 5.41) is 11.6. The lowest BCUT2D eigenvalue weighted by Gasteiger charge is -2.12. The number of esters is 1. The van der Waals surface area contributed by atoms with E-state index >= 15 is 0 Å². The Balaban J connectivity index is 2.80. The number of carbonyl (C=O) groups excluding carboxylic acids is 2. The maximum absolute atomic E-state index is 11.7. The summed E-state index contributed by atoms with van der Waals surface area (Å²) in [5.74, 6) is -1.90. The van der Waals surface area contributed by atoms with Gasteiger partial charge in [0.1, 0.15) is 0 Å². The predicted octanol–water partition coefficient (Wildman–Crippen LogP) is 1.53. The van der Waals surface area contributed by atoms with Gasteiger partial charge in [-0.25, -0.2) is 4.79 Å². The normalized spacial score (nSPS) is 11.8. The van der Waals surface area contributed by atoms with E-state index in [0.717, 1.165) is 0 Å². The maximum Gasteiger partial charge on any atom is 0.332 e. The molecule has 104 valence electrons. The molecule has 0 spiro atoms. The molecule has 0 aliphatic carbocycles. The Hall–Kier alpha value is -1.50. The molecule has 0 saturated heterocycles. The Morgan fingerprint density at radius 3 is 2.42 bits per heavy atom. The number of phenolic OH excluding ortho intramolecular Hbond substituents is 1. The smallest absolute Gasteiger partial charge is 0.332 e. The fraction of sp³-hybridized carbons (Fsp3) is 0.273. The number of carbonyl (C=O) groups is 2. The molecule has 8 heteroatoms. The molecule has 0 aromatic heterocycles. The lowest BCUT2D eigenvalue weighted by molar-refractivity contribution is -0.146. The van der Waals surface area contributed by atoms with Crippen molar-refractivity contribution in [3.63, 3.8) is 0 Å². The summed E-state index contributed by atoms with van der Waals surface area (Å²) < 4.78 is 4.61. The number of nitrogens with two attached hydrogens (primary N) is 1. The van der Waals surface area contributed by atoms with Crippen molar-refractivity contribution in [3.8, 4) is 5.75 Å². The van der Waals surface area contributed by atoms with E-state index in [1.165, 1.54) is 12.1 Å². The Morgan fingerprint density at radius 2 is 1.95 bits per heavy atom. The first-order valence-corrected chi connectivity index (χ1v) is 6.03. The zero-order valence-corrected chi connectivity index (χ0v) is 11.5. The molecule has 1 rings (SSSR count). The first-order valence-electron chi connectivity index (χ1n) is 5.28. The molecule has 0 radical (unpaired) electrons. The van der Waals surface area contributed by atoms with Crippen molar-refractivity contribution in [2.45, 2.75) is 13.0 Å². The van der Waals surface area contributed by atoms with Crippen molar-refractivity contribution in [1.82, 2.24) is 0 Å². The van der Waals surface area contributed by atoms with Crippen molar-refractivity contribution in [2.24, 2.45) is 5.73 Å². The van der Waals surface area contributed by atoms with Crippen molar-refractivity contribution in [2.75, 3.05) is 11.9 Å². The van der Waals surface area contributed by atoms with Gasteiger partial charge in [-0.15, -0.1) is 0 Å². The molecule has 1 unspecified atom stereocenters. The molecular weight excluding hydrogens is 295 g/mol. The van der Waals surface area contributed by atoms with E-state index in [9.17, 15) is 14.7 Å². The second kappa shape index (κ2) is 6.60. The summed E-state index contributed by atoms with van der Waals surface area (Å²) in [4.78, 5) is 22.9. The highest BCUT2D eigenvalue weighted by molar-refractivity contribution is 6.37. The minimum Gasteiger partial charge on any atom is -0.505 e. The molecule has 19 heavy (non-hydrogen) atoms. The highest BCUT2D eigenvalue weighted by Gasteiger charge is 2.23. The predicted molar refractivity (Wildman–Crippen MR) is 71.4 cm³/mol. The Labute approximate surface area is 119 Å². The van der Waals surface area contributed by atoms with Crippen LogP contribution < -0.4 is 11.1 Å². The molecule has 1 amide bonds. The van der Waals surface area contributed by atoms with Gasteiger partial charge in [-0.1, -0.05) is 23.2 Å². The maximum atomic E-state index is 11.7. The quantitative estimate of drug-likeness (QED) is 0.445. The topological polar surface area (TPSA) is 102 Å². The molecule has 6 nitrogen and oxygen atoms in total. The average Bonchev–Trinajstić information content (AvgIpc) is 2.35. The van der Waals surface area contributed by atoms with E-state index in [4.69, 9.17) is 28.9 Å². The van der Waals surface area contributed by atoms with Gasteiger partial charge >= 0.3 is 5.97 Å². The molecule has 0 fully saturated rings. The standard InChI is InChI=1S/C11H12Cl2N2O4/c1-2-19-11(18)8(14)10(17)15-5-3-6(12)9(16)7(13)4-5/h3-4,8,16H,2,14H2,1H3,(H,15,17).